The van der Waals surface area contributed by atoms with E-state index in [2.05, 4.69) is 6.58 Å². The molecule has 0 saturated heterocycles. The van der Waals surface area contributed by atoms with Gasteiger partial charge in [0.05, 0.1) is 23.9 Å². The summed E-state index contributed by atoms with van der Waals surface area (Å²) in [6.07, 6.45) is -1.59. The maximum Gasteiger partial charge on any atom is 0.508 e. The number of ketones is 1. The highest BCUT2D eigenvalue weighted by molar-refractivity contribution is 6.67. The summed E-state index contributed by atoms with van der Waals surface area (Å²) in [4.78, 5) is 37.5. The molecule has 0 aromatic heterocycles. The van der Waals surface area contributed by atoms with Crippen molar-refractivity contribution >= 4 is 52.7 Å². The summed E-state index contributed by atoms with van der Waals surface area (Å²) in [5, 5.41) is 10.6. The number of aliphatic hydroxyl groups is 1. The fourth-order valence-electron chi connectivity index (χ4n) is 3.09. The number of carbonyl (C=O) groups excluding carboxylic acids is 3. The largest absolute Gasteiger partial charge is 0.508 e. The van der Waals surface area contributed by atoms with Gasteiger partial charge in [0.15, 0.2) is 0 Å². The highest BCUT2D eigenvalue weighted by Gasteiger charge is 2.44. The van der Waals surface area contributed by atoms with Gasteiger partial charge >= 0.3 is 12.1 Å². The van der Waals surface area contributed by atoms with Crippen LogP contribution in [0.25, 0.3) is 0 Å². The van der Waals surface area contributed by atoms with Crippen LogP contribution in [0.2, 0.25) is 0 Å². The van der Waals surface area contributed by atoms with Crippen LogP contribution in [0.4, 0.5) is 4.79 Å². The fraction of sp³-hybridized carbons (Fsp3) is 0.773. The molecule has 0 spiro atoms. The lowest BCUT2D eigenvalue weighted by atomic mass is 9.73. The first-order valence-corrected chi connectivity index (χ1v) is 11.4. The fourth-order valence-corrected chi connectivity index (χ4v) is 3.25. The lowest BCUT2D eigenvalue weighted by Gasteiger charge is -2.35. The van der Waals surface area contributed by atoms with Crippen molar-refractivity contribution in [2.24, 2.45) is 17.3 Å². The van der Waals surface area contributed by atoms with Gasteiger partial charge < -0.3 is 19.3 Å². The Morgan fingerprint density at radius 3 is 2.03 bits per heavy atom. The molecule has 0 aliphatic heterocycles. The number of hydrogen-bond acceptors (Lipinski definition) is 7. The van der Waals surface area contributed by atoms with Crippen molar-refractivity contribution in [1.29, 1.82) is 0 Å². The van der Waals surface area contributed by atoms with Crippen LogP contribution in [-0.2, 0) is 23.8 Å². The SMILES string of the molecule is C=CCC(C)C(OC(=O)OCC(Cl)(Cl)Cl)C(C)C(=O)C(C)(C)C(O)CC(=O)OC(C)(C)C. The molecule has 0 bridgehead atoms. The number of ether oxygens (including phenoxy) is 3. The molecule has 10 heteroatoms. The van der Waals surface area contributed by atoms with Gasteiger partial charge in [-0.05, 0) is 33.1 Å². The Balaban J connectivity index is 5.47. The minimum Gasteiger partial charge on any atom is -0.460 e. The van der Waals surface area contributed by atoms with Crippen molar-refractivity contribution in [2.45, 2.75) is 82.9 Å². The first-order chi connectivity index (χ1) is 14.3. The molecule has 0 radical (unpaired) electrons. The van der Waals surface area contributed by atoms with E-state index in [1.807, 2.05) is 0 Å². The van der Waals surface area contributed by atoms with E-state index in [9.17, 15) is 19.5 Å². The zero-order valence-corrected chi connectivity index (χ0v) is 22.0. The first-order valence-electron chi connectivity index (χ1n) is 10.3. The number of hydrogen-bond donors (Lipinski definition) is 1. The minimum absolute atomic E-state index is 0.300. The van der Waals surface area contributed by atoms with Crippen molar-refractivity contribution in [2.75, 3.05) is 6.61 Å². The zero-order chi connectivity index (χ0) is 25.5. The third-order valence-corrected chi connectivity index (χ3v) is 5.17. The van der Waals surface area contributed by atoms with E-state index in [-0.39, 0.29) is 12.3 Å². The molecule has 0 fully saturated rings. The van der Waals surface area contributed by atoms with Gasteiger partial charge in [-0.1, -0.05) is 68.6 Å². The van der Waals surface area contributed by atoms with Crippen LogP contribution in [0.5, 0.6) is 0 Å². The number of rotatable bonds is 11. The predicted molar refractivity (Wildman–Crippen MR) is 125 cm³/mol. The molecular weight excluding hydrogens is 483 g/mol. The maximum absolute atomic E-state index is 13.3. The van der Waals surface area contributed by atoms with Gasteiger partial charge in [-0.25, -0.2) is 4.79 Å². The molecule has 4 unspecified atom stereocenters. The van der Waals surface area contributed by atoms with Crippen molar-refractivity contribution in [3.05, 3.63) is 12.7 Å². The quantitative estimate of drug-likeness (QED) is 0.222. The molecule has 1 N–H and O–H groups in total. The smallest absolute Gasteiger partial charge is 0.460 e. The zero-order valence-electron chi connectivity index (χ0n) is 19.7. The molecule has 0 aliphatic rings. The van der Waals surface area contributed by atoms with E-state index in [0.717, 1.165) is 0 Å². The summed E-state index contributed by atoms with van der Waals surface area (Å²) in [6, 6.07) is 0. The lowest BCUT2D eigenvalue weighted by Crippen LogP contribution is -2.47. The Bertz CT molecular complexity index is 665. The van der Waals surface area contributed by atoms with E-state index in [4.69, 9.17) is 49.0 Å². The number of halogens is 3. The number of esters is 1. The number of Topliss-reactive ketones (excluding diaryl/α,β-unsaturated/α-hetero) is 1. The van der Waals surface area contributed by atoms with E-state index >= 15 is 0 Å². The van der Waals surface area contributed by atoms with Crippen LogP contribution in [0, 0.1) is 17.3 Å². The molecule has 0 aromatic carbocycles. The molecule has 0 saturated carbocycles. The van der Waals surface area contributed by atoms with Crippen LogP contribution in [-0.4, -0.2) is 51.2 Å². The molecule has 186 valence electrons. The second-order valence-electron chi connectivity index (χ2n) is 9.42. The monoisotopic (exact) mass is 516 g/mol. The predicted octanol–water partition coefficient (Wildman–Crippen LogP) is 5.41. The van der Waals surface area contributed by atoms with Crippen molar-refractivity contribution in [3.8, 4) is 0 Å². The van der Waals surface area contributed by atoms with Gasteiger partial charge in [0.2, 0.25) is 3.79 Å². The second kappa shape index (κ2) is 12.4. The minimum atomic E-state index is -1.81. The number of aliphatic hydroxyl groups excluding tert-OH is 1. The molecule has 0 rings (SSSR count). The first kappa shape index (κ1) is 31.0. The van der Waals surface area contributed by atoms with Gasteiger partial charge in [-0.2, -0.15) is 0 Å². The number of alkyl halides is 3. The molecule has 32 heavy (non-hydrogen) atoms. The van der Waals surface area contributed by atoms with Gasteiger partial charge in [0, 0.05) is 0 Å². The summed E-state index contributed by atoms with van der Waals surface area (Å²) in [6.45, 7) is 14.7. The summed E-state index contributed by atoms with van der Waals surface area (Å²) >= 11 is 16.7. The van der Waals surface area contributed by atoms with E-state index in [1.54, 1.807) is 40.7 Å². The number of allylic oxidation sites excluding steroid dienone is 1. The normalized spacial score (nSPS) is 16.3. The Morgan fingerprint density at radius 2 is 1.59 bits per heavy atom. The van der Waals surface area contributed by atoms with Gasteiger partial charge in [-0.15, -0.1) is 6.58 Å². The lowest BCUT2D eigenvalue weighted by molar-refractivity contribution is -0.160. The maximum atomic E-state index is 13.3. The molecule has 0 amide bonds. The van der Waals surface area contributed by atoms with Crippen LogP contribution in [0.15, 0.2) is 12.7 Å². The Morgan fingerprint density at radius 1 is 1.06 bits per heavy atom. The standard InChI is InChI=1S/C22H35Cl3O7/c1-9-10-13(2)17(31-19(29)30-12-22(23,24)25)14(3)18(28)21(7,8)15(26)11-16(27)32-20(4,5)6/h9,13-15,17,26H,1,10-12H2,2-8H3. The van der Waals surface area contributed by atoms with Crippen molar-refractivity contribution in [3.63, 3.8) is 0 Å². The average Bonchev–Trinajstić information content (AvgIpc) is 2.61. The number of carbonyl (C=O) groups is 3. The summed E-state index contributed by atoms with van der Waals surface area (Å²) in [5.41, 5.74) is -2.04. The van der Waals surface area contributed by atoms with Gasteiger partial charge in [0.25, 0.3) is 0 Å². The van der Waals surface area contributed by atoms with E-state index < -0.39 is 57.4 Å². The van der Waals surface area contributed by atoms with Gasteiger partial charge in [0.1, 0.15) is 24.1 Å². The van der Waals surface area contributed by atoms with Crippen LogP contribution in [0.1, 0.15) is 61.3 Å². The third kappa shape index (κ3) is 11.2. The molecule has 0 aromatic rings. The average molecular weight is 518 g/mol. The van der Waals surface area contributed by atoms with Crippen LogP contribution >= 0.6 is 34.8 Å². The van der Waals surface area contributed by atoms with Crippen LogP contribution in [0.3, 0.4) is 0 Å². The topological polar surface area (TPSA) is 99.1 Å². The second-order valence-corrected chi connectivity index (χ2v) is 11.9. The Labute approximate surface area is 205 Å². The highest BCUT2D eigenvalue weighted by Crippen LogP contribution is 2.33. The summed E-state index contributed by atoms with van der Waals surface area (Å²) in [5.74, 6) is -2.16. The molecule has 7 nitrogen and oxygen atoms in total. The van der Waals surface area contributed by atoms with Crippen molar-refractivity contribution < 1.29 is 33.7 Å². The summed E-state index contributed by atoms with van der Waals surface area (Å²) in [7, 11) is 0. The molecule has 0 aliphatic carbocycles. The molecule has 4 atom stereocenters. The van der Waals surface area contributed by atoms with E-state index in [1.165, 1.54) is 13.8 Å². The van der Waals surface area contributed by atoms with Gasteiger partial charge in [-0.3, -0.25) is 9.59 Å². The molecular formula is C22H35Cl3O7. The van der Waals surface area contributed by atoms with Crippen LogP contribution < -0.4 is 0 Å². The molecule has 0 heterocycles. The van der Waals surface area contributed by atoms with Crippen molar-refractivity contribution in [1.82, 2.24) is 0 Å². The summed E-state index contributed by atoms with van der Waals surface area (Å²) < 4.78 is 13.6. The third-order valence-electron chi connectivity index (χ3n) is 4.84. The Kier molecular flexibility index (Phi) is 12.0. The van der Waals surface area contributed by atoms with E-state index in [0.29, 0.717) is 6.42 Å². The highest BCUT2D eigenvalue weighted by atomic mass is 35.6. The Hall–Kier alpha value is -1.02.